The molecule has 2 heteroatoms. The second-order valence-corrected chi connectivity index (χ2v) is 6.99. The lowest BCUT2D eigenvalue weighted by Crippen LogP contribution is -2.31. The first-order valence-corrected chi connectivity index (χ1v) is 7.41. The quantitative estimate of drug-likeness (QED) is 0.853. The Morgan fingerprint density at radius 1 is 1.32 bits per heavy atom. The van der Waals surface area contributed by atoms with Crippen molar-refractivity contribution in [2.45, 2.75) is 52.4 Å². The van der Waals surface area contributed by atoms with Crippen molar-refractivity contribution in [1.29, 1.82) is 0 Å². The molecule has 0 radical (unpaired) electrons. The Bertz CT molecular complexity index is 439. The van der Waals surface area contributed by atoms with Gasteiger partial charge in [-0.05, 0) is 61.7 Å². The van der Waals surface area contributed by atoms with Crippen molar-refractivity contribution < 1.29 is 5.11 Å². The zero-order chi connectivity index (χ0) is 14.0. The van der Waals surface area contributed by atoms with Gasteiger partial charge in [0.15, 0.2) is 0 Å². The van der Waals surface area contributed by atoms with Crippen LogP contribution in [0.1, 0.15) is 50.3 Å². The highest BCUT2D eigenvalue weighted by Crippen LogP contribution is 2.35. The van der Waals surface area contributed by atoms with Crippen molar-refractivity contribution in [2.75, 3.05) is 13.1 Å². The number of rotatable bonds is 2. The molecule has 19 heavy (non-hydrogen) atoms. The predicted molar refractivity (Wildman–Crippen MR) is 80.8 cm³/mol. The smallest absolute Gasteiger partial charge is 0.122 e. The molecule has 2 N–H and O–H groups in total. The number of phenols is 1. The van der Waals surface area contributed by atoms with Crippen LogP contribution in [0.15, 0.2) is 12.1 Å². The van der Waals surface area contributed by atoms with Gasteiger partial charge in [0.05, 0.1) is 0 Å². The van der Waals surface area contributed by atoms with E-state index in [2.05, 4.69) is 45.1 Å². The van der Waals surface area contributed by atoms with Gasteiger partial charge in [-0.25, -0.2) is 0 Å². The van der Waals surface area contributed by atoms with Crippen LogP contribution in [0.2, 0.25) is 0 Å². The lowest BCUT2D eigenvalue weighted by atomic mass is 9.82. The molecule has 0 aliphatic carbocycles. The van der Waals surface area contributed by atoms with Crippen LogP contribution in [-0.4, -0.2) is 18.2 Å². The molecule has 1 aliphatic heterocycles. The van der Waals surface area contributed by atoms with Gasteiger partial charge in [0.2, 0.25) is 0 Å². The minimum absolute atomic E-state index is 0.00430. The molecule has 0 aromatic heterocycles. The van der Waals surface area contributed by atoms with E-state index in [0.717, 1.165) is 30.6 Å². The molecule has 0 saturated carbocycles. The normalized spacial score (nSPS) is 20.5. The van der Waals surface area contributed by atoms with Gasteiger partial charge in [0.1, 0.15) is 5.75 Å². The second-order valence-electron chi connectivity index (χ2n) is 6.99. The molecule has 0 bridgehead atoms. The van der Waals surface area contributed by atoms with Crippen LogP contribution in [0.25, 0.3) is 0 Å². The molecule has 1 heterocycles. The van der Waals surface area contributed by atoms with Crippen LogP contribution in [-0.2, 0) is 11.8 Å². The van der Waals surface area contributed by atoms with Crippen molar-refractivity contribution in [3.63, 3.8) is 0 Å². The Morgan fingerprint density at radius 3 is 2.63 bits per heavy atom. The van der Waals surface area contributed by atoms with E-state index in [4.69, 9.17) is 0 Å². The fourth-order valence-corrected chi connectivity index (χ4v) is 2.99. The fraction of sp³-hybridized carbons (Fsp3) is 0.647. The first-order chi connectivity index (χ1) is 8.88. The van der Waals surface area contributed by atoms with Gasteiger partial charge in [-0.2, -0.15) is 0 Å². The Kier molecular flexibility index (Phi) is 4.19. The summed E-state index contributed by atoms with van der Waals surface area (Å²) in [6.45, 7) is 10.8. The Labute approximate surface area is 117 Å². The van der Waals surface area contributed by atoms with Crippen molar-refractivity contribution in [2.24, 2.45) is 5.92 Å². The summed E-state index contributed by atoms with van der Waals surface area (Å²) in [7, 11) is 0. The van der Waals surface area contributed by atoms with E-state index in [1.165, 1.54) is 18.4 Å². The van der Waals surface area contributed by atoms with Crippen LogP contribution >= 0.6 is 0 Å². The molecule has 1 aromatic carbocycles. The third-order valence-corrected chi connectivity index (χ3v) is 4.05. The summed E-state index contributed by atoms with van der Waals surface area (Å²) in [6.07, 6.45) is 3.51. The molecule has 1 atom stereocenters. The number of benzene rings is 1. The third kappa shape index (κ3) is 3.50. The number of hydrogen-bond acceptors (Lipinski definition) is 2. The highest BCUT2D eigenvalue weighted by atomic mass is 16.3. The average molecular weight is 261 g/mol. The molecule has 0 spiro atoms. The zero-order valence-electron chi connectivity index (χ0n) is 12.7. The van der Waals surface area contributed by atoms with Crippen LogP contribution < -0.4 is 5.32 Å². The van der Waals surface area contributed by atoms with E-state index in [-0.39, 0.29) is 5.41 Å². The summed E-state index contributed by atoms with van der Waals surface area (Å²) in [6, 6.07) is 4.27. The van der Waals surface area contributed by atoms with Gasteiger partial charge in [-0.15, -0.1) is 0 Å². The highest BCUT2D eigenvalue weighted by Gasteiger charge is 2.22. The number of hydrogen-bond donors (Lipinski definition) is 2. The van der Waals surface area contributed by atoms with Crippen molar-refractivity contribution >= 4 is 0 Å². The molecule has 2 nitrogen and oxygen atoms in total. The summed E-state index contributed by atoms with van der Waals surface area (Å²) in [4.78, 5) is 0. The summed E-state index contributed by atoms with van der Waals surface area (Å²) in [5, 5.41) is 14.0. The predicted octanol–water partition coefficient (Wildman–Crippen LogP) is 3.54. The van der Waals surface area contributed by atoms with Crippen molar-refractivity contribution in [3.8, 4) is 5.75 Å². The van der Waals surface area contributed by atoms with Gasteiger partial charge >= 0.3 is 0 Å². The zero-order valence-corrected chi connectivity index (χ0v) is 12.7. The Hall–Kier alpha value is -1.02. The van der Waals surface area contributed by atoms with E-state index in [1.807, 2.05) is 0 Å². The molecule has 0 amide bonds. The van der Waals surface area contributed by atoms with E-state index >= 15 is 0 Å². The van der Waals surface area contributed by atoms with Crippen LogP contribution in [0.4, 0.5) is 0 Å². The number of phenolic OH excluding ortho intramolecular Hbond substituents is 1. The molecule has 1 unspecified atom stereocenters. The lowest BCUT2D eigenvalue weighted by molar-refractivity contribution is 0.367. The van der Waals surface area contributed by atoms with Crippen LogP contribution in [0.3, 0.4) is 0 Å². The number of nitrogens with one attached hydrogen (secondary N) is 1. The minimum atomic E-state index is -0.00430. The molecule has 1 aliphatic rings. The maximum absolute atomic E-state index is 10.6. The summed E-state index contributed by atoms with van der Waals surface area (Å²) < 4.78 is 0. The topological polar surface area (TPSA) is 32.3 Å². The van der Waals surface area contributed by atoms with Gasteiger partial charge in [0.25, 0.3) is 0 Å². The Morgan fingerprint density at radius 2 is 2.05 bits per heavy atom. The minimum Gasteiger partial charge on any atom is -0.507 e. The molecule has 106 valence electrons. The molecule has 2 rings (SSSR count). The van der Waals surface area contributed by atoms with Crippen LogP contribution in [0, 0.1) is 12.8 Å². The molecular formula is C17H27NO. The van der Waals surface area contributed by atoms with Crippen LogP contribution in [0.5, 0.6) is 5.75 Å². The number of piperidine rings is 1. The molecule has 1 saturated heterocycles. The summed E-state index contributed by atoms with van der Waals surface area (Å²) in [5.41, 5.74) is 3.45. The maximum Gasteiger partial charge on any atom is 0.122 e. The number of aromatic hydroxyl groups is 1. The molecule has 1 fully saturated rings. The van der Waals surface area contributed by atoms with E-state index in [9.17, 15) is 5.11 Å². The van der Waals surface area contributed by atoms with Gasteiger partial charge in [0, 0.05) is 0 Å². The highest BCUT2D eigenvalue weighted by molar-refractivity contribution is 5.47. The summed E-state index contributed by atoms with van der Waals surface area (Å²) in [5.74, 6) is 1.18. The first kappa shape index (κ1) is 14.4. The maximum atomic E-state index is 10.6. The standard InChI is InChI=1S/C17H27NO/c1-12-8-14(10-13-6-5-7-18-11-13)16(19)15(9-12)17(2,3)4/h8-9,13,18-19H,5-7,10-11H2,1-4H3. The SMILES string of the molecule is Cc1cc(CC2CCCNC2)c(O)c(C(C)(C)C)c1. The van der Waals surface area contributed by atoms with E-state index < -0.39 is 0 Å². The monoisotopic (exact) mass is 261 g/mol. The lowest BCUT2D eigenvalue weighted by Gasteiger charge is -2.26. The molecule has 1 aromatic rings. The van der Waals surface area contributed by atoms with Gasteiger partial charge in [-0.1, -0.05) is 38.5 Å². The summed E-state index contributed by atoms with van der Waals surface area (Å²) >= 11 is 0. The largest absolute Gasteiger partial charge is 0.507 e. The van der Waals surface area contributed by atoms with Crippen molar-refractivity contribution in [3.05, 3.63) is 28.8 Å². The van der Waals surface area contributed by atoms with E-state index in [1.54, 1.807) is 0 Å². The Balaban J connectivity index is 2.27. The average Bonchev–Trinajstić information content (AvgIpc) is 2.33. The first-order valence-electron chi connectivity index (χ1n) is 7.41. The third-order valence-electron chi connectivity index (χ3n) is 4.05. The molecular weight excluding hydrogens is 234 g/mol. The fourth-order valence-electron chi connectivity index (χ4n) is 2.99. The second kappa shape index (κ2) is 5.54. The van der Waals surface area contributed by atoms with Gasteiger partial charge in [-0.3, -0.25) is 0 Å². The number of aryl methyl sites for hydroxylation is 1. The van der Waals surface area contributed by atoms with Gasteiger partial charge < -0.3 is 10.4 Å². The van der Waals surface area contributed by atoms with Crippen molar-refractivity contribution in [1.82, 2.24) is 5.32 Å². The van der Waals surface area contributed by atoms with E-state index in [0.29, 0.717) is 11.7 Å².